The zero-order valence-corrected chi connectivity index (χ0v) is 67.5. The first-order valence-electron chi connectivity index (χ1n) is 38.9. The molecule has 32 heteroatoms. The molecule has 0 saturated carbocycles. The summed E-state index contributed by atoms with van der Waals surface area (Å²) in [6, 6.07) is 25.5. The Labute approximate surface area is 673 Å². The Kier molecular flexibility index (Phi) is 28.5. The molecule has 10 bridgehead atoms. The first kappa shape index (κ1) is 86.7. The number of nitrogens with zero attached hydrogens (tertiary/aromatic N) is 7. The van der Waals surface area contributed by atoms with Crippen molar-refractivity contribution in [1.29, 1.82) is 5.41 Å². The summed E-state index contributed by atoms with van der Waals surface area (Å²) in [4.78, 5) is 163. The average molecular weight is 1590 g/mol. The highest BCUT2D eigenvalue weighted by atomic mass is 16.5. The maximum atomic E-state index is 15.6. The molecule has 116 heavy (non-hydrogen) atoms. The Balaban J connectivity index is 1.01. The molecule has 7 heterocycles. The summed E-state index contributed by atoms with van der Waals surface area (Å²) >= 11 is 0. The van der Waals surface area contributed by atoms with Gasteiger partial charge in [0.25, 0.3) is 0 Å². The van der Waals surface area contributed by atoms with E-state index >= 15 is 24.0 Å². The zero-order valence-electron chi connectivity index (χ0n) is 67.5. The van der Waals surface area contributed by atoms with Crippen molar-refractivity contribution in [3.05, 3.63) is 168 Å². The van der Waals surface area contributed by atoms with Crippen molar-refractivity contribution in [2.45, 2.75) is 173 Å². The number of rotatable bonds is 17. The first-order chi connectivity index (χ1) is 55.1. The number of hydrazine groups is 1. The van der Waals surface area contributed by atoms with Gasteiger partial charge in [0, 0.05) is 58.3 Å². The Morgan fingerprint density at radius 3 is 1.47 bits per heavy atom. The van der Waals surface area contributed by atoms with Crippen LogP contribution in [0.4, 0.5) is 0 Å². The van der Waals surface area contributed by atoms with Gasteiger partial charge in [-0.15, -0.1) is 5.10 Å². The second-order valence-corrected chi connectivity index (χ2v) is 32.3. The number of hydrogen-bond acceptors (Lipinski definition) is 20. The maximum absolute atomic E-state index is 15.6. The lowest BCUT2D eigenvalue weighted by molar-refractivity contribution is -0.145. The van der Waals surface area contributed by atoms with E-state index in [1.165, 1.54) is 21.5 Å². The molecule has 2 fully saturated rings. The minimum Gasteiger partial charge on any atom is -0.488 e. The van der Waals surface area contributed by atoms with Crippen molar-refractivity contribution >= 4 is 92.4 Å². The minimum absolute atomic E-state index is 0.0380. The van der Waals surface area contributed by atoms with E-state index in [9.17, 15) is 44.4 Å². The summed E-state index contributed by atoms with van der Waals surface area (Å²) in [7, 11) is 6.11. The van der Waals surface area contributed by atoms with E-state index in [4.69, 9.17) is 9.47 Å². The molecular formula is C84H107N17O15. The topological polar surface area (TPSA) is 422 Å². The number of aliphatic carboxylic acids is 2. The number of nitrogens with one attached hydrogen (secondary N) is 10. The van der Waals surface area contributed by atoms with E-state index in [1.807, 2.05) is 72.8 Å². The lowest BCUT2D eigenvalue weighted by Gasteiger charge is -2.36. The molecule has 6 aliphatic rings. The van der Waals surface area contributed by atoms with Crippen LogP contribution in [0.15, 0.2) is 140 Å². The fraction of sp³-hybridized carbons (Fsp3) is 0.452. The van der Waals surface area contributed by atoms with Gasteiger partial charge in [-0.2, -0.15) is 0 Å². The van der Waals surface area contributed by atoms with Crippen LogP contribution in [0.5, 0.6) is 11.5 Å². The lowest BCUT2D eigenvalue weighted by Crippen LogP contribution is -2.61. The Hall–Kier alpha value is -11.7. The molecule has 6 aliphatic heterocycles. The summed E-state index contributed by atoms with van der Waals surface area (Å²) in [6.07, 6.45) is 0.808. The number of fused-ring (bicyclic) bond motifs is 2. The van der Waals surface area contributed by atoms with Gasteiger partial charge in [0.05, 0.1) is 36.6 Å². The number of benzene rings is 6. The molecule has 2 saturated heterocycles. The van der Waals surface area contributed by atoms with Crippen molar-refractivity contribution in [2.75, 3.05) is 61.0 Å². The summed E-state index contributed by atoms with van der Waals surface area (Å²) in [6.45, 7) is 12.4. The number of hydrogen-bond donors (Lipinski definition) is 12. The van der Waals surface area contributed by atoms with Crippen molar-refractivity contribution in [3.8, 4) is 11.5 Å². The molecule has 1 aromatic heterocycles. The number of ether oxygens (including phenoxy) is 2. The van der Waals surface area contributed by atoms with Crippen LogP contribution in [0.3, 0.4) is 0 Å². The molecule has 618 valence electrons. The fourth-order valence-corrected chi connectivity index (χ4v) is 14.5. The normalized spacial score (nSPS) is 21.6. The number of carboxylic acid groups (broad SMARTS) is 2. The molecule has 0 spiro atoms. The van der Waals surface area contributed by atoms with Crippen LogP contribution >= 0.6 is 0 Å². The summed E-state index contributed by atoms with van der Waals surface area (Å²) in [5.41, 5.74) is 3.86. The second kappa shape index (κ2) is 38.1. The summed E-state index contributed by atoms with van der Waals surface area (Å²) in [5, 5.41) is 67.0. The van der Waals surface area contributed by atoms with E-state index in [0.29, 0.717) is 39.4 Å². The summed E-state index contributed by atoms with van der Waals surface area (Å²) in [5.74, 6) is -8.18. The van der Waals surface area contributed by atoms with Crippen molar-refractivity contribution in [3.63, 3.8) is 0 Å². The van der Waals surface area contributed by atoms with Gasteiger partial charge in [-0.3, -0.25) is 53.4 Å². The molecule has 12 unspecified atom stereocenters. The van der Waals surface area contributed by atoms with Crippen molar-refractivity contribution in [1.82, 2.24) is 82.7 Å². The molecule has 32 nitrogen and oxygen atoms in total. The van der Waals surface area contributed by atoms with Gasteiger partial charge in [-0.25, -0.2) is 14.5 Å². The van der Waals surface area contributed by atoms with E-state index in [-0.39, 0.29) is 77.1 Å². The van der Waals surface area contributed by atoms with Crippen LogP contribution < -0.4 is 57.4 Å². The molecule has 9 amide bonds. The number of carboxylic acids is 2. The van der Waals surface area contributed by atoms with Gasteiger partial charge in [0.2, 0.25) is 53.2 Å². The third-order valence-electron chi connectivity index (χ3n) is 21.5. The molecular weight excluding hydrogens is 1490 g/mol. The lowest BCUT2D eigenvalue weighted by atomic mass is 9.85. The average Bonchev–Trinajstić information content (AvgIpc) is 1.57. The van der Waals surface area contributed by atoms with Crippen molar-refractivity contribution < 1.29 is 72.4 Å². The fourth-order valence-electron chi connectivity index (χ4n) is 14.5. The SMILES string of the molecule is CNC(C)C(=O)NC(C(=O)N1CC2CC1C(=O)NC(Cc1ccc3ccccc3c1)C(=O)NC(C(=O)O)Cc1ccc(cc1)OCC(=N)CN(NC)C1CC(C(=O)NC(Cc3ccc4ccccc4c3)C(=O)NC(C(=O)N(C)CC(=O)O)Cc3ccc(cc3)OCc3cn2nn3)N(C(=O)C(NC(=O)C(C)NC)C(C)(C)C)C1)C(C)(C)C. The number of carbonyl (C=O) groups is 11. The number of amides is 9. The van der Waals surface area contributed by atoms with Gasteiger partial charge >= 0.3 is 11.9 Å². The van der Waals surface area contributed by atoms with Gasteiger partial charge in [-0.05, 0) is 120 Å². The zero-order chi connectivity index (χ0) is 84.0. The molecule has 12 atom stereocenters. The van der Waals surface area contributed by atoms with Crippen LogP contribution in [-0.2, 0) is 85.0 Å². The molecule has 0 aliphatic carbocycles. The summed E-state index contributed by atoms with van der Waals surface area (Å²) < 4.78 is 13.9. The number of likely N-dealkylation sites (N-methyl/N-ethyl adjacent to an activating group) is 3. The van der Waals surface area contributed by atoms with E-state index in [0.717, 1.165) is 26.4 Å². The highest BCUT2D eigenvalue weighted by molar-refractivity contribution is 5.99. The Morgan fingerprint density at radius 2 is 1.02 bits per heavy atom. The predicted molar refractivity (Wildman–Crippen MR) is 432 cm³/mol. The smallest absolute Gasteiger partial charge is 0.326 e. The van der Waals surface area contributed by atoms with Gasteiger partial charge in [0.15, 0.2) is 0 Å². The van der Waals surface area contributed by atoms with Gasteiger partial charge < -0.3 is 82.3 Å². The van der Waals surface area contributed by atoms with Gasteiger partial charge in [-0.1, -0.05) is 156 Å². The van der Waals surface area contributed by atoms with E-state index < -0.39 is 155 Å². The molecule has 12 N–H and O–H groups in total. The number of likely N-dealkylation sites (tertiary alicyclic amines) is 2. The largest absolute Gasteiger partial charge is 0.488 e. The van der Waals surface area contributed by atoms with Crippen LogP contribution in [-0.4, -0.2) is 243 Å². The van der Waals surface area contributed by atoms with Crippen LogP contribution in [0.25, 0.3) is 21.5 Å². The molecule has 13 rings (SSSR count). The quantitative estimate of drug-likeness (QED) is 0.0622. The van der Waals surface area contributed by atoms with Gasteiger partial charge in [0.1, 0.15) is 85.3 Å². The standard InChI is InChI=1S/C84H107N17O15/c1-48(86-9)73(104)93-71(83(3,4)5)80(111)98-43-60-39-68(98)77(108)89-64(37-52-21-27-54-17-13-15-19-56(54)33-52)75(106)91-66(79(110)97(12)45-70(102)103)35-50-23-31-63(32-24-50)116-47-59-42-101(96-95-59)61-40-69(99(44-61)81(112)72(84(6,7)8)94-74(105)49(2)87-10)78(109)90-65(38-53-22-28-55-18-14-16-20-57(55)34-53)76(107)92-67(82(113)114)36-51-25-29-62(30-26-51)115-46-58(85)41-100(60)88-11/h13-34,42,48-49,60-61,64-69,71-72,85-88H,35-41,43-47H2,1-12H3,(H,89,108)(H,90,109)(H,91,106)(H,92,107)(H,93,104)(H,94,105)(H,102,103)(H,113,114). The number of carbonyl (C=O) groups excluding carboxylic acids is 9. The molecule has 6 aromatic carbocycles. The third-order valence-corrected chi connectivity index (χ3v) is 21.5. The van der Waals surface area contributed by atoms with Crippen LogP contribution in [0.1, 0.15) is 102 Å². The molecule has 7 aromatic rings. The first-order valence-corrected chi connectivity index (χ1v) is 38.9. The predicted octanol–water partition coefficient (Wildman–Crippen LogP) is 3.24. The minimum atomic E-state index is -1.54. The number of aromatic nitrogens is 3. The van der Waals surface area contributed by atoms with E-state index in [2.05, 4.69) is 58.3 Å². The Bertz CT molecular complexity index is 4760. The second-order valence-electron chi connectivity index (χ2n) is 32.3. The van der Waals surface area contributed by atoms with Crippen molar-refractivity contribution in [2.24, 2.45) is 10.8 Å². The molecule has 0 radical (unpaired) electrons. The highest BCUT2D eigenvalue weighted by Crippen LogP contribution is 2.34. The van der Waals surface area contributed by atoms with E-state index in [1.54, 1.807) is 148 Å². The third kappa shape index (κ3) is 22.2. The monoisotopic (exact) mass is 1590 g/mol. The Morgan fingerprint density at radius 1 is 0.578 bits per heavy atom. The highest BCUT2D eigenvalue weighted by Gasteiger charge is 2.49. The van der Waals surface area contributed by atoms with Crippen LogP contribution in [0, 0.1) is 16.2 Å². The van der Waals surface area contributed by atoms with Crippen LogP contribution in [0.2, 0.25) is 0 Å². The maximum Gasteiger partial charge on any atom is 0.326 e.